The van der Waals surface area contributed by atoms with Gasteiger partial charge in [-0.3, -0.25) is 0 Å². The quantitative estimate of drug-likeness (QED) is 0.913. The van der Waals surface area contributed by atoms with Crippen LogP contribution in [0.2, 0.25) is 0 Å². The van der Waals surface area contributed by atoms with Crippen LogP contribution in [0, 0.1) is 0 Å². The number of methoxy groups -OCH3 is 1. The molecular formula is C9H9BrF3NO2. The minimum Gasteiger partial charge on any atom is -0.480 e. The fourth-order valence-electron chi connectivity index (χ4n) is 1.01. The Labute approximate surface area is 98.4 Å². The number of nitrogens with zero attached hydrogens (tertiary/aromatic N) is 1. The molecule has 90 valence electrons. The second-order valence-electron chi connectivity index (χ2n) is 3.29. The van der Waals surface area contributed by atoms with E-state index in [0.29, 0.717) is 6.92 Å². The number of halogens is 4. The summed E-state index contributed by atoms with van der Waals surface area (Å²) in [5.41, 5.74) is -3.29. The first-order valence-electron chi connectivity index (χ1n) is 4.19. The monoisotopic (exact) mass is 299 g/mol. The Morgan fingerprint density at radius 3 is 2.38 bits per heavy atom. The average Bonchev–Trinajstić information content (AvgIpc) is 2.15. The summed E-state index contributed by atoms with van der Waals surface area (Å²) in [7, 11) is 1.34. The van der Waals surface area contributed by atoms with Gasteiger partial charge < -0.3 is 9.84 Å². The number of hydrogen-bond acceptors (Lipinski definition) is 3. The third kappa shape index (κ3) is 2.30. The van der Waals surface area contributed by atoms with Gasteiger partial charge in [-0.25, -0.2) is 4.98 Å². The van der Waals surface area contributed by atoms with Gasteiger partial charge in [0.15, 0.2) is 5.60 Å². The number of hydrogen-bond donors (Lipinski definition) is 1. The van der Waals surface area contributed by atoms with E-state index >= 15 is 0 Å². The second-order valence-corrected chi connectivity index (χ2v) is 4.14. The summed E-state index contributed by atoms with van der Waals surface area (Å²) >= 11 is 3.00. The molecule has 1 aromatic rings. The zero-order chi connectivity index (χ0) is 12.6. The normalized spacial score (nSPS) is 15.7. The summed E-state index contributed by atoms with van der Waals surface area (Å²) in [6.45, 7) is 0.670. The van der Waals surface area contributed by atoms with Gasteiger partial charge in [-0.1, -0.05) is 0 Å². The van der Waals surface area contributed by atoms with E-state index in [4.69, 9.17) is 4.74 Å². The molecule has 0 unspecified atom stereocenters. The standard InChI is InChI=1S/C9H9BrF3NO2/c1-8(15,9(11,12)13)5-3-6(10)7(16-2)14-4-5/h3-4,15H,1-2H3/t8-/m0/s1. The SMILES string of the molecule is COc1ncc([C@](C)(O)C(F)(F)F)cc1Br. The zero-order valence-corrected chi connectivity index (χ0v) is 10.1. The highest BCUT2D eigenvalue weighted by Gasteiger charge is 2.51. The van der Waals surface area contributed by atoms with Crippen LogP contribution >= 0.6 is 15.9 Å². The summed E-state index contributed by atoms with van der Waals surface area (Å²) in [6.07, 6.45) is -3.83. The van der Waals surface area contributed by atoms with Crippen molar-refractivity contribution in [2.75, 3.05) is 7.11 Å². The number of ether oxygens (including phenoxy) is 1. The molecule has 0 fully saturated rings. The Morgan fingerprint density at radius 1 is 1.44 bits per heavy atom. The van der Waals surface area contributed by atoms with Crippen LogP contribution in [0.25, 0.3) is 0 Å². The van der Waals surface area contributed by atoms with E-state index < -0.39 is 11.8 Å². The average molecular weight is 300 g/mol. The molecule has 1 aromatic heterocycles. The van der Waals surface area contributed by atoms with Crippen molar-refractivity contribution < 1.29 is 23.0 Å². The van der Waals surface area contributed by atoms with Crippen molar-refractivity contribution in [1.29, 1.82) is 0 Å². The first-order chi connectivity index (χ1) is 7.20. The van der Waals surface area contributed by atoms with Crippen molar-refractivity contribution in [2.24, 2.45) is 0 Å². The lowest BCUT2D eigenvalue weighted by molar-refractivity contribution is -0.259. The van der Waals surface area contributed by atoms with Gasteiger partial charge in [0, 0.05) is 11.8 Å². The Balaban J connectivity index is 3.20. The van der Waals surface area contributed by atoms with Gasteiger partial charge >= 0.3 is 6.18 Å². The van der Waals surface area contributed by atoms with Crippen molar-refractivity contribution in [3.05, 3.63) is 22.3 Å². The maximum Gasteiger partial charge on any atom is 0.421 e. The Hall–Kier alpha value is -0.820. The lowest BCUT2D eigenvalue weighted by atomic mass is 9.97. The van der Waals surface area contributed by atoms with Gasteiger partial charge in [-0.2, -0.15) is 13.2 Å². The Morgan fingerprint density at radius 2 is 2.00 bits per heavy atom. The van der Waals surface area contributed by atoms with E-state index in [1.165, 1.54) is 7.11 Å². The first kappa shape index (κ1) is 13.2. The number of aliphatic hydroxyl groups is 1. The van der Waals surface area contributed by atoms with E-state index in [0.717, 1.165) is 12.3 Å². The zero-order valence-electron chi connectivity index (χ0n) is 8.47. The summed E-state index contributed by atoms with van der Waals surface area (Å²) in [4.78, 5) is 3.65. The van der Waals surface area contributed by atoms with Crippen LogP contribution in [0.5, 0.6) is 5.88 Å². The predicted molar refractivity (Wildman–Crippen MR) is 54.1 cm³/mol. The smallest absolute Gasteiger partial charge is 0.421 e. The molecule has 3 nitrogen and oxygen atoms in total. The minimum atomic E-state index is -4.76. The molecule has 0 aliphatic carbocycles. The van der Waals surface area contributed by atoms with Gasteiger partial charge in [0.1, 0.15) is 0 Å². The van der Waals surface area contributed by atoms with Gasteiger partial charge in [0.05, 0.1) is 11.6 Å². The lowest BCUT2D eigenvalue weighted by Gasteiger charge is -2.26. The van der Waals surface area contributed by atoms with Crippen LogP contribution < -0.4 is 4.74 Å². The van der Waals surface area contributed by atoms with Crippen LogP contribution in [0.4, 0.5) is 13.2 Å². The first-order valence-corrected chi connectivity index (χ1v) is 4.98. The molecule has 1 heterocycles. The van der Waals surface area contributed by atoms with Crippen LogP contribution in [0.15, 0.2) is 16.7 Å². The molecule has 0 bridgehead atoms. The molecule has 1 N–H and O–H groups in total. The van der Waals surface area contributed by atoms with Crippen molar-refractivity contribution in [3.8, 4) is 5.88 Å². The topological polar surface area (TPSA) is 42.4 Å². The van der Waals surface area contributed by atoms with Crippen LogP contribution in [0.3, 0.4) is 0 Å². The van der Waals surface area contributed by atoms with E-state index in [-0.39, 0.29) is 15.9 Å². The highest BCUT2D eigenvalue weighted by molar-refractivity contribution is 9.10. The molecule has 1 atom stereocenters. The number of pyridine rings is 1. The summed E-state index contributed by atoms with van der Waals surface area (Å²) in [5.74, 6) is 0.154. The molecule has 0 saturated carbocycles. The molecule has 1 rings (SSSR count). The van der Waals surface area contributed by atoms with E-state index in [2.05, 4.69) is 20.9 Å². The fourth-order valence-corrected chi connectivity index (χ4v) is 1.52. The lowest BCUT2D eigenvalue weighted by Crippen LogP contribution is -2.39. The highest BCUT2D eigenvalue weighted by atomic mass is 79.9. The summed E-state index contributed by atoms with van der Waals surface area (Å²) < 4.78 is 42.6. The van der Waals surface area contributed by atoms with Crippen molar-refractivity contribution in [1.82, 2.24) is 4.98 Å². The summed E-state index contributed by atoms with van der Waals surface area (Å²) in [5, 5.41) is 9.38. The largest absolute Gasteiger partial charge is 0.480 e. The number of rotatable bonds is 2. The molecule has 0 aliphatic rings. The Bertz CT molecular complexity index is 393. The van der Waals surface area contributed by atoms with Crippen LogP contribution in [-0.2, 0) is 5.60 Å². The number of alkyl halides is 3. The predicted octanol–water partition coefficient (Wildman–Crippen LogP) is 2.62. The maximum atomic E-state index is 12.5. The molecule has 0 aromatic carbocycles. The molecule has 0 spiro atoms. The van der Waals surface area contributed by atoms with Crippen molar-refractivity contribution in [3.63, 3.8) is 0 Å². The van der Waals surface area contributed by atoms with Crippen molar-refractivity contribution in [2.45, 2.75) is 18.7 Å². The van der Waals surface area contributed by atoms with Gasteiger partial charge in [-0.15, -0.1) is 0 Å². The second kappa shape index (κ2) is 4.21. The molecule has 0 saturated heterocycles. The van der Waals surface area contributed by atoms with Crippen molar-refractivity contribution >= 4 is 15.9 Å². The van der Waals surface area contributed by atoms with Crippen LogP contribution in [-0.4, -0.2) is 23.4 Å². The minimum absolute atomic E-state index is 0.154. The summed E-state index contributed by atoms with van der Waals surface area (Å²) in [6, 6.07) is 1.12. The molecular weight excluding hydrogens is 291 g/mol. The molecule has 7 heteroatoms. The third-order valence-corrected chi connectivity index (χ3v) is 2.68. The molecule has 0 radical (unpaired) electrons. The highest BCUT2D eigenvalue weighted by Crippen LogP contribution is 2.39. The molecule has 0 aliphatic heterocycles. The molecule has 16 heavy (non-hydrogen) atoms. The van der Waals surface area contributed by atoms with Gasteiger partial charge in [0.2, 0.25) is 5.88 Å². The Kier molecular flexibility index (Phi) is 3.49. The van der Waals surface area contributed by atoms with Gasteiger partial charge in [-0.05, 0) is 28.9 Å². The van der Waals surface area contributed by atoms with E-state index in [1.807, 2.05) is 0 Å². The maximum absolute atomic E-state index is 12.5. The van der Waals surface area contributed by atoms with Gasteiger partial charge in [0.25, 0.3) is 0 Å². The number of aromatic nitrogens is 1. The van der Waals surface area contributed by atoms with Crippen LogP contribution in [0.1, 0.15) is 12.5 Å². The molecule has 0 amide bonds. The third-order valence-electron chi connectivity index (χ3n) is 2.11. The van der Waals surface area contributed by atoms with E-state index in [1.54, 1.807) is 0 Å². The fraction of sp³-hybridized carbons (Fsp3) is 0.444. The van der Waals surface area contributed by atoms with E-state index in [9.17, 15) is 18.3 Å².